The lowest BCUT2D eigenvalue weighted by Gasteiger charge is -2.27. The maximum atomic E-state index is 13.0. The molecule has 1 unspecified atom stereocenters. The lowest BCUT2D eigenvalue weighted by atomic mass is 9.78. The third kappa shape index (κ3) is 2.31. The van der Waals surface area contributed by atoms with Crippen LogP contribution in [-0.4, -0.2) is 0 Å². The minimum absolute atomic E-state index is 0.0598. The molecular weight excluding hydrogens is 182 g/mol. The second-order valence-corrected chi connectivity index (χ2v) is 4.76. The van der Waals surface area contributed by atoms with Gasteiger partial charge >= 0.3 is 0 Å². The second-order valence-electron chi connectivity index (χ2n) is 4.76. The van der Waals surface area contributed by atoms with E-state index < -0.39 is 11.6 Å². The SMILES string of the molecule is CC(c1ccc(F)c(F)c1)C(C)(C)C. The highest BCUT2D eigenvalue weighted by molar-refractivity contribution is 5.22. The first-order valence-electron chi connectivity index (χ1n) is 4.77. The third-order valence-electron chi connectivity index (χ3n) is 2.74. The first kappa shape index (κ1) is 11.2. The van der Waals surface area contributed by atoms with Gasteiger partial charge in [-0.05, 0) is 29.0 Å². The fourth-order valence-electron chi connectivity index (χ4n) is 1.28. The predicted molar refractivity (Wildman–Crippen MR) is 54.2 cm³/mol. The van der Waals surface area contributed by atoms with E-state index in [1.165, 1.54) is 12.1 Å². The Hall–Kier alpha value is -0.920. The lowest BCUT2D eigenvalue weighted by molar-refractivity contribution is 0.338. The highest BCUT2D eigenvalue weighted by Crippen LogP contribution is 2.34. The Labute approximate surface area is 84.0 Å². The van der Waals surface area contributed by atoms with Crippen molar-refractivity contribution in [2.75, 3.05) is 0 Å². The molecule has 2 heteroatoms. The number of hydrogen-bond acceptors (Lipinski definition) is 0. The van der Waals surface area contributed by atoms with Gasteiger partial charge in [-0.2, -0.15) is 0 Å². The average molecular weight is 198 g/mol. The summed E-state index contributed by atoms with van der Waals surface area (Å²) >= 11 is 0. The number of benzene rings is 1. The summed E-state index contributed by atoms with van der Waals surface area (Å²) in [5.41, 5.74) is 0.904. The summed E-state index contributed by atoms with van der Waals surface area (Å²) in [6.45, 7) is 8.27. The third-order valence-corrected chi connectivity index (χ3v) is 2.74. The maximum absolute atomic E-state index is 13.0. The molecule has 0 spiro atoms. The molecule has 0 bridgehead atoms. The summed E-state index contributed by atoms with van der Waals surface area (Å²) < 4.78 is 25.6. The van der Waals surface area contributed by atoms with Crippen LogP contribution < -0.4 is 0 Å². The lowest BCUT2D eigenvalue weighted by Crippen LogP contribution is -2.15. The van der Waals surface area contributed by atoms with Crippen LogP contribution in [0.25, 0.3) is 0 Å². The largest absolute Gasteiger partial charge is 0.204 e. The van der Waals surface area contributed by atoms with Crippen LogP contribution in [0.5, 0.6) is 0 Å². The van der Waals surface area contributed by atoms with Crippen LogP contribution in [-0.2, 0) is 0 Å². The van der Waals surface area contributed by atoms with Gasteiger partial charge < -0.3 is 0 Å². The van der Waals surface area contributed by atoms with Gasteiger partial charge in [-0.3, -0.25) is 0 Å². The van der Waals surface area contributed by atoms with E-state index in [9.17, 15) is 8.78 Å². The zero-order valence-electron chi connectivity index (χ0n) is 9.07. The molecule has 1 rings (SSSR count). The highest BCUT2D eigenvalue weighted by Gasteiger charge is 2.22. The fraction of sp³-hybridized carbons (Fsp3) is 0.500. The summed E-state index contributed by atoms with van der Waals surface area (Å²) in [5.74, 6) is -1.34. The van der Waals surface area contributed by atoms with Crippen LogP contribution >= 0.6 is 0 Å². The predicted octanol–water partition coefficient (Wildman–Crippen LogP) is 4.11. The van der Waals surface area contributed by atoms with Crippen LogP contribution in [0.4, 0.5) is 8.78 Å². The van der Waals surface area contributed by atoms with Crippen molar-refractivity contribution in [1.29, 1.82) is 0 Å². The van der Waals surface area contributed by atoms with Crippen LogP contribution in [0.15, 0.2) is 18.2 Å². The van der Waals surface area contributed by atoms with E-state index in [4.69, 9.17) is 0 Å². The Morgan fingerprint density at radius 1 is 1.07 bits per heavy atom. The van der Waals surface area contributed by atoms with E-state index in [0.29, 0.717) is 0 Å². The Balaban J connectivity index is 3.03. The van der Waals surface area contributed by atoms with Gasteiger partial charge in [-0.25, -0.2) is 8.78 Å². The average Bonchev–Trinajstić information content (AvgIpc) is 2.07. The molecule has 1 aromatic rings. The van der Waals surface area contributed by atoms with E-state index >= 15 is 0 Å². The fourth-order valence-corrected chi connectivity index (χ4v) is 1.28. The van der Waals surface area contributed by atoms with Crippen molar-refractivity contribution in [3.05, 3.63) is 35.4 Å². The molecule has 0 aliphatic rings. The van der Waals surface area contributed by atoms with E-state index in [2.05, 4.69) is 20.8 Å². The minimum Gasteiger partial charge on any atom is -0.204 e. The Kier molecular flexibility index (Phi) is 2.93. The zero-order valence-corrected chi connectivity index (χ0v) is 9.07. The van der Waals surface area contributed by atoms with Crippen molar-refractivity contribution in [2.45, 2.75) is 33.6 Å². The standard InChI is InChI=1S/C12H16F2/c1-8(12(2,3)4)9-5-6-10(13)11(14)7-9/h5-8H,1-4H3. The number of hydrogen-bond donors (Lipinski definition) is 0. The van der Waals surface area contributed by atoms with Gasteiger partial charge in [0.15, 0.2) is 11.6 Å². The molecule has 0 radical (unpaired) electrons. The van der Waals surface area contributed by atoms with E-state index in [0.717, 1.165) is 5.56 Å². The van der Waals surface area contributed by atoms with Crippen molar-refractivity contribution in [1.82, 2.24) is 0 Å². The monoisotopic (exact) mass is 198 g/mol. The van der Waals surface area contributed by atoms with Crippen molar-refractivity contribution < 1.29 is 8.78 Å². The molecule has 14 heavy (non-hydrogen) atoms. The van der Waals surface area contributed by atoms with Gasteiger partial charge in [0.05, 0.1) is 0 Å². The Morgan fingerprint density at radius 2 is 1.64 bits per heavy atom. The van der Waals surface area contributed by atoms with E-state index in [1.807, 2.05) is 6.92 Å². The topological polar surface area (TPSA) is 0 Å². The summed E-state index contributed by atoms with van der Waals surface area (Å²) in [4.78, 5) is 0. The molecule has 1 atom stereocenters. The van der Waals surface area contributed by atoms with Gasteiger partial charge in [-0.1, -0.05) is 33.8 Å². The molecule has 1 aromatic carbocycles. The van der Waals surface area contributed by atoms with Crippen molar-refractivity contribution in [2.24, 2.45) is 5.41 Å². The summed E-state index contributed by atoms with van der Waals surface area (Å²) in [6.07, 6.45) is 0. The quantitative estimate of drug-likeness (QED) is 0.637. The van der Waals surface area contributed by atoms with Crippen molar-refractivity contribution in [3.63, 3.8) is 0 Å². The molecule has 0 amide bonds. The van der Waals surface area contributed by atoms with E-state index in [-0.39, 0.29) is 11.3 Å². The molecule has 0 aliphatic heterocycles. The molecule has 0 heterocycles. The van der Waals surface area contributed by atoms with Gasteiger partial charge in [0.1, 0.15) is 0 Å². The molecule has 0 N–H and O–H groups in total. The van der Waals surface area contributed by atoms with Crippen molar-refractivity contribution >= 4 is 0 Å². The number of rotatable bonds is 1. The van der Waals surface area contributed by atoms with E-state index in [1.54, 1.807) is 6.07 Å². The zero-order chi connectivity index (χ0) is 10.9. The smallest absolute Gasteiger partial charge is 0.159 e. The second kappa shape index (κ2) is 3.68. The van der Waals surface area contributed by atoms with Gasteiger partial charge in [0, 0.05) is 0 Å². The van der Waals surface area contributed by atoms with Gasteiger partial charge in [0.25, 0.3) is 0 Å². The molecule has 78 valence electrons. The van der Waals surface area contributed by atoms with Crippen LogP contribution in [0.3, 0.4) is 0 Å². The Morgan fingerprint density at radius 3 is 2.07 bits per heavy atom. The molecule has 0 aliphatic carbocycles. The normalized spacial score (nSPS) is 14.1. The first-order chi connectivity index (χ1) is 6.32. The summed E-state index contributed by atoms with van der Waals surface area (Å²) in [6, 6.07) is 4.12. The molecule has 0 nitrogen and oxygen atoms in total. The summed E-state index contributed by atoms with van der Waals surface area (Å²) in [7, 11) is 0. The van der Waals surface area contributed by atoms with Gasteiger partial charge in [-0.15, -0.1) is 0 Å². The molecule has 0 saturated carbocycles. The van der Waals surface area contributed by atoms with Crippen molar-refractivity contribution in [3.8, 4) is 0 Å². The van der Waals surface area contributed by atoms with Crippen LogP contribution in [0, 0.1) is 17.0 Å². The highest BCUT2D eigenvalue weighted by atomic mass is 19.2. The molecule has 0 fully saturated rings. The number of halogens is 2. The molecule has 0 saturated heterocycles. The van der Waals surface area contributed by atoms with Crippen LogP contribution in [0.1, 0.15) is 39.2 Å². The van der Waals surface area contributed by atoms with Gasteiger partial charge in [0.2, 0.25) is 0 Å². The summed E-state index contributed by atoms with van der Waals surface area (Å²) in [5, 5.41) is 0. The first-order valence-corrected chi connectivity index (χ1v) is 4.77. The Bertz CT molecular complexity index is 324. The maximum Gasteiger partial charge on any atom is 0.159 e. The minimum atomic E-state index is -0.783. The van der Waals surface area contributed by atoms with Crippen LogP contribution in [0.2, 0.25) is 0 Å². The molecular formula is C12H16F2. The molecule has 0 aromatic heterocycles.